The lowest BCUT2D eigenvalue weighted by atomic mass is 10.0. The van der Waals surface area contributed by atoms with E-state index in [1.165, 1.54) is 4.90 Å². The summed E-state index contributed by atoms with van der Waals surface area (Å²) in [6, 6.07) is 0. The normalized spacial score (nSPS) is 10.8. The summed E-state index contributed by atoms with van der Waals surface area (Å²) in [5.74, 6) is -0.822. The molecule has 11 heteroatoms. The van der Waals surface area contributed by atoms with E-state index in [2.05, 4.69) is 5.32 Å². The molecule has 0 saturated carbocycles. The van der Waals surface area contributed by atoms with Gasteiger partial charge < -0.3 is 30.6 Å². The summed E-state index contributed by atoms with van der Waals surface area (Å²) < 4.78 is 1.71. The van der Waals surface area contributed by atoms with Crippen LogP contribution in [0.15, 0.2) is 0 Å². The van der Waals surface area contributed by atoms with Crippen LogP contribution in [-0.4, -0.2) is 83.2 Å². The third-order valence-corrected chi connectivity index (χ3v) is 7.09. The third kappa shape index (κ3) is 6.33. The Labute approximate surface area is 198 Å². The fraction of sp³-hybridized carbons (Fsp3) is 0.500. The van der Waals surface area contributed by atoms with Gasteiger partial charge in [0.05, 0.1) is 30.9 Å². The molecule has 0 aliphatic rings. The Hall–Kier alpha value is 0.190. The van der Waals surface area contributed by atoms with Gasteiger partial charge in [-0.2, -0.15) is 0 Å². The molecule has 0 aromatic heterocycles. The summed E-state index contributed by atoms with van der Waals surface area (Å²) in [4.78, 5) is 27.0. The molecular formula is C16H21I3N2O6. The summed E-state index contributed by atoms with van der Waals surface area (Å²) in [7, 11) is 0. The van der Waals surface area contributed by atoms with Crippen molar-refractivity contribution in [3.8, 4) is 0 Å². The van der Waals surface area contributed by atoms with Crippen molar-refractivity contribution < 1.29 is 30.0 Å². The van der Waals surface area contributed by atoms with Crippen LogP contribution in [0, 0.1) is 10.7 Å². The molecule has 1 rings (SSSR count). The first-order chi connectivity index (χ1) is 12.8. The van der Waals surface area contributed by atoms with E-state index in [1.54, 1.807) is 0 Å². The lowest BCUT2D eigenvalue weighted by molar-refractivity contribution is 0.0682. The number of hydrogen-bond acceptors (Lipinski definition) is 6. The molecule has 5 N–H and O–H groups in total. The van der Waals surface area contributed by atoms with Crippen molar-refractivity contribution >= 4 is 79.6 Å². The summed E-state index contributed by atoms with van der Waals surface area (Å²) in [6.45, 7) is -0.671. The Morgan fingerprint density at radius 3 is 1.85 bits per heavy atom. The molecule has 0 heterocycles. The second kappa shape index (κ2) is 12.7. The van der Waals surface area contributed by atoms with Crippen molar-refractivity contribution in [3.63, 3.8) is 0 Å². The monoisotopic (exact) mass is 718 g/mol. The van der Waals surface area contributed by atoms with Crippen LogP contribution < -0.4 is 5.32 Å². The predicted octanol–water partition coefficient (Wildman–Crippen LogP) is 0.184. The summed E-state index contributed by atoms with van der Waals surface area (Å²) in [5.41, 5.74) is 1.30. The minimum Gasteiger partial charge on any atom is -0.396 e. The van der Waals surface area contributed by atoms with E-state index in [9.17, 15) is 24.9 Å². The highest BCUT2D eigenvalue weighted by molar-refractivity contribution is 14.1. The van der Waals surface area contributed by atoms with Gasteiger partial charge in [0, 0.05) is 37.0 Å². The zero-order chi connectivity index (χ0) is 20.6. The van der Waals surface area contributed by atoms with Crippen LogP contribution >= 0.6 is 67.8 Å². The molecular weight excluding hydrogens is 697 g/mol. The van der Waals surface area contributed by atoms with Crippen LogP contribution in [0.3, 0.4) is 0 Å². The molecule has 0 spiro atoms. The second-order valence-electron chi connectivity index (χ2n) is 5.36. The number of hydrogen-bond donors (Lipinski definition) is 5. The highest BCUT2D eigenvalue weighted by Crippen LogP contribution is 2.33. The molecule has 0 saturated heterocycles. The number of halogens is 3. The maximum absolute atomic E-state index is 13.1. The van der Waals surface area contributed by atoms with Gasteiger partial charge in [-0.15, -0.1) is 0 Å². The van der Waals surface area contributed by atoms with Crippen LogP contribution in [-0.2, 0) is 6.42 Å². The Morgan fingerprint density at radius 1 is 0.815 bits per heavy atom. The van der Waals surface area contributed by atoms with E-state index in [1.807, 2.05) is 67.8 Å². The highest BCUT2D eigenvalue weighted by Gasteiger charge is 2.29. The Morgan fingerprint density at radius 2 is 1.37 bits per heavy atom. The molecule has 1 aromatic rings. The number of rotatable bonds is 10. The molecule has 0 fully saturated rings. The van der Waals surface area contributed by atoms with Crippen LogP contribution in [0.5, 0.6) is 0 Å². The van der Waals surface area contributed by atoms with Crippen molar-refractivity contribution in [3.05, 3.63) is 27.4 Å². The fourth-order valence-corrected chi connectivity index (χ4v) is 7.06. The van der Waals surface area contributed by atoms with Gasteiger partial charge in [-0.1, -0.05) is 0 Å². The Bertz CT molecular complexity index is 681. The Kier molecular flexibility index (Phi) is 11.9. The van der Waals surface area contributed by atoms with Gasteiger partial charge in [0.25, 0.3) is 11.8 Å². The van der Waals surface area contributed by atoms with Gasteiger partial charge in [0.15, 0.2) is 0 Å². The number of nitrogens with one attached hydrogen (secondary N) is 1. The van der Waals surface area contributed by atoms with Gasteiger partial charge in [0.1, 0.15) is 0 Å². The first-order valence-corrected chi connectivity index (χ1v) is 11.3. The SMILES string of the molecule is O=C(NCCO)c1c(I)c(CCO)c(I)c(C(=O)N(CCO)CCO)c1I. The molecule has 0 radical (unpaired) electrons. The summed E-state index contributed by atoms with van der Waals surface area (Å²) >= 11 is 5.99. The standard InChI is InChI=1S/C16H21I3N2O6/c17-12-9(1-5-22)13(18)11(16(27)21(3-7-24)4-8-25)14(19)10(12)15(26)20-2-6-23/h22-25H,1-8H2,(H,20,26). The van der Waals surface area contributed by atoms with E-state index >= 15 is 0 Å². The maximum atomic E-state index is 13.1. The van der Waals surface area contributed by atoms with Gasteiger partial charge in [-0.25, -0.2) is 0 Å². The van der Waals surface area contributed by atoms with E-state index < -0.39 is 11.8 Å². The molecule has 0 unspecified atom stereocenters. The molecule has 0 atom stereocenters. The molecule has 27 heavy (non-hydrogen) atoms. The summed E-state index contributed by atoms with van der Waals surface area (Å²) in [6.07, 6.45) is 0.272. The average Bonchev–Trinajstić information content (AvgIpc) is 2.63. The number of carbonyl (C=O) groups is 2. The lowest BCUT2D eigenvalue weighted by Gasteiger charge is -2.24. The molecule has 152 valence electrons. The maximum Gasteiger partial charge on any atom is 0.256 e. The minimum absolute atomic E-state index is 0.0545. The van der Waals surface area contributed by atoms with Crippen LogP contribution in [0.1, 0.15) is 26.3 Å². The largest absolute Gasteiger partial charge is 0.396 e. The molecule has 0 aliphatic heterocycles. The van der Waals surface area contributed by atoms with Crippen molar-refractivity contribution in [2.24, 2.45) is 0 Å². The van der Waals surface area contributed by atoms with Crippen LogP contribution in [0.4, 0.5) is 0 Å². The van der Waals surface area contributed by atoms with Crippen molar-refractivity contribution in [1.29, 1.82) is 0 Å². The van der Waals surface area contributed by atoms with Crippen LogP contribution in [0.2, 0.25) is 0 Å². The molecule has 0 aliphatic carbocycles. The molecule has 0 bridgehead atoms. The summed E-state index contributed by atoms with van der Waals surface area (Å²) in [5, 5.41) is 39.4. The fourth-order valence-electron chi connectivity index (χ4n) is 2.41. The van der Waals surface area contributed by atoms with E-state index in [4.69, 9.17) is 5.11 Å². The number of aliphatic hydroxyl groups excluding tert-OH is 4. The Balaban J connectivity index is 3.60. The van der Waals surface area contributed by atoms with E-state index in [0.29, 0.717) is 27.4 Å². The van der Waals surface area contributed by atoms with Crippen LogP contribution in [0.25, 0.3) is 0 Å². The predicted molar refractivity (Wildman–Crippen MR) is 125 cm³/mol. The number of carbonyl (C=O) groups excluding carboxylic acids is 2. The lowest BCUT2D eigenvalue weighted by Crippen LogP contribution is -2.38. The topological polar surface area (TPSA) is 130 Å². The van der Waals surface area contributed by atoms with Crippen molar-refractivity contribution in [2.75, 3.05) is 46.1 Å². The van der Waals surface area contributed by atoms with Gasteiger partial charge in [0.2, 0.25) is 0 Å². The van der Waals surface area contributed by atoms with Crippen molar-refractivity contribution in [1.82, 2.24) is 10.2 Å². The minimum atomic E-state index is -0.418. The number of amides is 2. The zero-order valence-electron chi connectivity index (χ0n) is 14.3. The van der Waals surface area contributed by atoms with E-state index in [-0.39, 0.29) is 52.5 Å². The first kappa shape index (κ1) is 25.2. The van der Waals surface area contributed by atoms with Crippen molar-refractivity contribution in [2.45, 2.75) is 6.42 Å². The number of aliphatic hydroxyl groups is 4. The third-order valence-electron chi connectivity index (χ3n) is 3.64. The smallest absolute Gasteiger partial charge is 0.256 e. The molecule has 2 amide bonds. The zero-order valence-corrected chi connectivity index (χ0v) is 20.8. The molecule has 8 nitrogen and oxygen atoms in total. The number of nitrogens with zero attached hydrogens (tertiary/aromatic N) is 1. The molecule has 1 aromatic carbocycles. The highest BCUT2D eigenvalue weighted by atomic mass is 127. The van der Waals surface area contributed by atoms with Gasteiger partial charge >= 0.3 is 0 Å². The first-order valence-electron chi connectivity index (χ1n) is 8.05. The average molecular weight is 718 g/mol. The van der Waals surface area contributed by atoms with Gasteiger partial charge in [-0.3, -0.25) is 9.59 Å². The second-order valence-corrected chi connectivity index (χ2v) is 8.60. The number of benzene rings is 1. The van der Waals surface area contributed by atoms with Gasteiger partial charge in [-0.05, 0) is 79.8 Å². The quantitative estimate of drug-likeness (QED) is 0.220. The van der Waals surface area contributed by atoms with E-state index in [0.717, 1.165) is 0 Å².